The summed E-state index contributed by atoms with van der Waals surface area (Å²) in [6.07, 6.45) is 2.36. The molecule has 0 unspecified atom stereocenters. The summed E-state index contributed by atoms with van der Waals surface area (Å²) < 4.78 is 10.6. The lowest BCUT2D eigenvalue weighted by molar-refractivity contribution is -0.400. The van der Waals surface area contributed by atoms with Gasteiger partial charge in [-0.2, -0.15) is 0 Å². The van der Waals surface area contributed by atoms with E-state index in [9.17, 15) is 10.1 Å². The van der Waals surface area contributed by atoms with E-state index in [-0.39, 0.29) is 0 Å². The van der Waals surface area contributed by atoms with Gasteiger partial charge in [0.1, 0.15) is 11.5 Å². The maximum absolute atomic E-state index is 10.4. The quantitative estimate of drug-likeness (QED) is 0.625. The minimum absolute atomic E-state index is 0.495. The van der Waals surface area contributed by atoms with E-state index < -0.39 is 4.92 Å². The van der Waals surface area contributed by atoms with Crippen LogP contribution in [0.2, 0.25) is 0 Å². The van der Waals surface area contributed by atoms with Gasteiger partial charge in [-0.25, -0.2) is 0 Å². The van der Waals surface area contributed by atoms with Gasteiger partial charge >= 0.3 is 0 Å². The van der Waals surface area contributed by atoms with Crippen LogP contribution in [0.25, 0.3) is 16.8 Å². The summed E-state index contributed by atoms with van der Waals surface area (Å²) in [5.41, 5.74) is 0.713. The van der Waals surface area contributed by atoms with Gasteiger partial charge in [0.05, 0.1) is 19.1 Å². The first-order valence-electron chi connectivity index (χ1n) is 5.62. The number of nitro groups is 1. The van der Waals surface area contributed by atoms with Crippen molar-refractivity contribution in [3.05, 3.63) is 52.2 Å². The molecule has 0 radical (unpaired) electrons. The molecule has 0 bridgehead atoms. The first kappa shape index (κ1) is 12.9. The van der Waals surface area contributed by atoms with E-state index in [0.29, 0.717) is 17.1 Å². The standard InChI is InChI=1S/C14H13NO4/c1-18-12-7-6-10(8-9-15(16)17)14-11(12)4-3-5-13(14)19-2/h3-9H,1-2H3. The Balaban J connectivity index is 2.74. The van der Waals surface area contributed by atoms with Crippen LogP contribution in [0.1, 0.15) is 5.56 Å². The van der Waals surface area contributed by atoms with Crippen molar-refractivity contribution in [2.24, 2.45) is 0 Å². The Morgan fingerprint density at radius 3 is 2.47 bits per heavy atom. The molecule has 19 heavy (non-hydrogen) atoms. The number of rotatable bonds is 4. The van der Waals surface area contributed by atoms with Crippen molar-refractivity contribution in [1.29, 1.82) is 0 Å². The molecular formula is C14H13NO4. The van der Waals surface area contributed by atoms with Crippen molar-refractivity contribution in [3.63, 3.8) is 0 Å². The van der Waals surface area contributed by atoms with Crippen molar-refractivity contribution < 1.29 is 14.4 Å². The molecule has 0 atom stereocenters. The lowest BCUT2D eigenvalue weighted by atomic mass is 10.0. The van der Waals surface area contributed by atoms with Crippen molar-refractivity contribution in [2.45, 2.75) is 0 Å². The molecule has 0 amide bonds. The molecule has 5 heteroatoms. The average molecular weight is 259 g/mol. The first-order chi connectivity index (χ1) is 9.17. The van der Waals surface area contributed by atoms with E-state index >= 15 is 0 Å². The van der Waals surface area contributed by atoms with Crippen molar-refractivity contribution >= 4 is 16.8 Å². The molecule has 0 N–H and O–H groups in total. The zero-order valence-electron chi connectivity index (χ0n) is 10.6. The molecule has 2 aromatic rings. The maximum Gasteiger partial charge on any atom is 0.235 e. The summed E-state index contributed by atoms with van der Waals surface area (Å²) >= 11 is 0. The average Bonchev–Trinajstić information content (AvgIpc) is 2.43. The molecule has 5 nitrogen and oxygen atoms in total. The highest BCUT2D eigenvalue weighted by molar-refractivity contribution is 5.99. The Morgan fingerprint density at radius 2 is 1.84 bits per heavy atom. The van der Waals surface area contributed by atoms with Crippen molar-refractivity contribution in [3.8, 4) is 11.5 Å². The summed E-state index contributed by atoms with van der Waals surface area (Å²) in [4.78, 5) is 9.95. The molecule has 0 aromatic heterocycles. The van der Waals surface area contributed by atoms with E-state index in [0.717, 1.165) is 17.0 Å². The molecule has 0 saturated carbocycles. The van der Waals surface area contributed by atoms with E-state index in [1.165, 1.54) is 6.08 Å². The van der Waals surface area contributed by atoms with Crippen molar-refractivity contribution in [2.75, 3.05) is 14.2 Å². The maximum atomic E-state index is 10.4. The molecule has 0 fully saturated rings. The second-order valence-electron chi connectivity index (χ2n) is 3.84. The monoisotopic (exact) mass is 259 g/mol. The molecule has 2 rings (SSSR count). The summed E-state index contributed by atoms with van der Waals surface area (Å²) in [7, 11) is 3.15. The fourth-order valence-corrected chi connectivity index (χ4v) is 2.00. The topological polar surface area (TPSA) is 61.6 Å². The second-order valence-corrected chi connectivity index (χ2v) is 3.84. The molecule has 0 saturated heterocycles. The first-order valence-corrected chi connectivity index (χ1v) is 5.62. The number of benzene rings is 2. The highest BCUT2D eigenvalue weighted by Gasteiger charge is 2.10. The number of hydrogen-bond acceptors (Lipinski definition) is 4. The predicted octanol–water partition coefficient (Wildman–Crippen LogP) is 3.10. The third-order valence-corrected chi connectivity index (χ3v) is 2.81. The zero-order valence-corrected chi connectivity index (χ0v) is 10.6. The molecule has 2 aromatic carbocycles. The summed E-state index contributed by atoms with van der Waals surface area (Å²) in [5, 5.41) is 12.1. The Kier molecular flexibility index (Phi) is 3.66. The van der Waals surface area contributed by atoms with Crippen LogP contribution in [-0.2, 0) is 0 Å². The van der Waals surface area contributed by atoms with Crippen LogP contribution in [0, 0.1) is 10.1 Å². The van der Waals surface area contributed by atoms with Gasteiger partial charge < -0.3 is 9.47 Å². The van der Waals surface area contributed by atoms with Gasteiger partial charge in [-0.15, -0.1) is 0 Å². The Morgan fingerprint density at radius 1 is 1.11 bits per heavy atom. The Bertz CT molecular complexity index is 649. The third kappa shape index (κ3) is 2.49. The minimum atomic E-state index is -0.495. The predicted molar refractivity (Wildman–Crippen MR) is 73.1 cm³/mol. The minimum Gasteiger partial charge on any atom is -0.496 e. The van der Waals surface area contributed by atoms with Crippen LogP contribution in [0.3, 0.4) is 0 Å². The van der Waals surface area contributed by atoms with E-state index in [1.54, 1.807) is 26.4 Å². The summed E-state index contributed by atoms with van der Waals surface area (Å²) in [5.74, 6) is 1.35. The lowest BCUT2D eigenvalue weighted by Crippen LogP contribution is -1.91. The molecule has 0 spiro atoms. The lowest BCUT2D eigenvalue weighted by Gasteiger charge is -2.11. The van der Waals surface area contributed by atoms with E-state index in [4.69, 9.17) is 9.47 Å². The number of ether oxygens (including phenoxy) is 2. The van der Waals surface area contributed by atoms with Crippen LogP contribution in [0.4, 0.5) is 0 Å². The SMILES string of the molecule is COc1ccc(C=C[N+](=O)[O-])c2c(OC)cccc12. The summed E-state index contributed by atoms with van der Waals surface area (Å²) in [6, 6.07) is 9.10. The van der Waals surface area contributed by atoms with Crippen LogP contribution >= 0.6 is 0 Å². The molecular weight excluding hydrogens is 246 g/mol. The highest BCUT2D eigenvalue weighted by atomic mass is 16.6. The van der Waals surface area contributed by atoms with Gasteiger partial charge in [-0.05, 0) is 17.7 Å². The van der Waals surface area contributed by atoms with Gasteiger partial charge in [-0.1, -0.05) is 18.2 Å². The van der Waals surface area contributed by atoms with Crippen LogP contribution in [0.5, 0.6) is 11.5 Å². The van der Waals surface area contributed by atoms with E-state index in [2.05, 4.69) is 0 Å². The second kappa shape index (κ2) is 5.39. The smallest absolute Gasteiger partial charge is 0.235 e. The van der Waals surface area contributed by atoms with Crippen molar-refractivity contribution in [1.82, 2.24) is 0 Å². The molecule has 0 aliphatic heterocycles. The largest absolute Gasteiger partial charge is 0.496 e. The zero-order chi connectivity index (χ0) is 13.8. The number of hydrogen-bond donors (Lipinski definition) is 0. The molecule has 0 aliphatic rings. The molecule has 0 aliphatic carbocycles. The third-order valence-electron chi connectivity index (χ3n) is 2.81. The van der Waals surface area contributed by atoms with Gasteiger partial charge in [0.2, 0.25) is 6.20 Å². The van der Waals surface area contributed by atoms with E-state index in [1.807, 2.05) is 18.2 Å². The molecule has 0 heterocycles. The highest BCUT2D eigenvalue weighted by Crippen LogP contribution is 2.35. The van der Waals surface area contributed by atoms with Crippen LogP contribution < -0.4 is 9.47 Å². The van der Waals surface area contributed by atoms with Gasteiger partial charge in [0, 0.05) is 16.8 Å². The van der Waals surface area contributed by atoms with Crippen LogP contribution in [0.15, 0.2) is 36.5 Å². The van der Waals surface area contributed by atoms with Gasteiger partial charge in [0.25, 0.3) is 0 Å². The number of nitrogens with zero attached hydrogens (tertiary/aromatic N) is 1. The number of fused-ring (bicyclic) bond motifs is 1. The summed E-state index contributed by atoms with van der Waals surface area (Å²) in [6.45, 7) is 0. The normalized spacial score (nSPS) is 10.8. The Labute approximate surface area is 110 Å². The fourth-order valence-electron chi connectivity index (χ4n) is 2.00. The molecule has 98 valence electrons. The number of methoxy groups -OCH3 is 2. The fraction of sp³-hybridized carbons (Fsp3) is 0.143. The Hall–Kier alpha value is -2.56. The van der Waals surface area contributed by atoms with Crippen LogP contribution in [-0.4, -0.2) is 19.1 Å². The van der Waals surface area contributed by atoms with Gasteiger partial charge in [0.15, 0.2) is 0 Å². The van der Waals surface area contributed by atoms with Gasteiger partial charge in [-0.3, -0.25) is 10.1 Å².